The molecule has 0 spiro atoms. The number of carbonyl (C=O) groups is 1. The third-order valence-corrected chi connectivity index (χ3v) is 8.83. The number of amides is 1. The Morgan fingerprint density at radius 2 is 1.82 bits per heavy atom. The second-order valence-electron chi connectivity index (χ2n) is 10.1. The van der Waals surface area contributed by atoms with Crippen molar-refractivity contribution in [3.63, 3.8) is 0 Å². The number of nitro benzene ring substituents is 1. The molecule has 3 aromatic rings. The highest BCUT2D eigenvalue weighted by molar-refractivity contribution is 7.92. The number of anilines is 2. The Hall–Kier alpha value is -4.12. The van der Waals surface area contributed by atoms with Gasteiger partial charge in [0.25, 0.3) is 15.7 Å². The van der Waals surface area contributed by atoms with Crippen molar-refractivity contribution in [3.8, 4) is 5.75 Å². The van der Waals surface area contributed by atoms with E-state index < -0.39 is 27.4 Å². The Kier molecular flexibility index (Phi) is 8.93. The van der Waals surface area contributed by atoms with Gasteiger partial charge in [-0.25, -0.2) is 8.42 Å². The SMILES string of the molecule is COc1ccc(N(CC(=O)NCc2ccc(N3CCCC(C)C3)cc2)S(=O)(=O)c2ccc(C)c([N+](=O)[O-])c2)cc1. The van der Waals surface area contributed by atoms with Gasteiger partial charge in [0.05, 0.1) is 22.6 Å². The van der Waals surface area contributed by atoms with E-state index in [1.165, 1.54) is 51.1 Å². The molecular formula is C29H34N4O6S. The van der Waals surface area contributed by atoms with Crippen LogP contribution in [0.25, 0.3) is 0 Å². The summed E-state index contributed by atoms with van der Waals surface area (Å²) in [4.78, 5) is 25.9. The van der Waals surface area contributed by atoms with E-state index in [0.29, 0.717) is 17.2 Å². The Labute approximate surface area is 234 Å². The molecule has 1 amide bonds. The van der Waals surface area contributed by atoms with Gasteiger partial charge < -0.3 is 15.0 Å². The summed E-state index contributed by atoms with van der Waals surface area (Å²) >= 11 is 0. The summed E-state index contributed by atoms with van der Waals surface area (Å²) in [5.74, 6) is 0.651. The fourth-order valence-corrected chi connectivity index (χ4v) is 6.21. The first-order valence-corrected chi connectivity index (χ1v) is 14.5. The summed E-state index contributed by atoms with van der Waals surface area (Å²) in [5.41, 5.74) is 2.27. The van der Waals surface area contributed by atoms with Crippen LogP contribution in [0, 0.1) is 23.0 Å². The van der Waals surface area contributed by atoms with Crippen LogP contribution in [-0.4, -0.2) is 46.0 Å². The first kappa shape index (κ1) is 28.9. The first-order valence-electron chi connectivity index (χ1n) is 13.1. The third kappa shape index (κ3) is 6.71. The number of methoxy groups -OCH3 is 1. The molecule has 0 radical (unpaired) electrons. The summed E-state index contributed by atoms with van der Waals surface area (Å²) < 4.78 is 33.5. The van der Waals surface area contributed by atoms with Crippen LogP contribution in [-0.2, 0) is 21.4 Å². The number of benzene rings is 3. The van der Waals surface area contributed by atoms with Gasteiger partial charge in [0, 0.05) is 37.0 Å². The molecule has 10 nitrogen and oxygen atoms in total. The van der Waals surface area contributed by atoms with E-state index in [9.17, 15) is 23.3 Å². The molecule has 1 N–H and O–H groups in total. The summed E-state index contributed by atoms with van der Waals surface area (Å²) in [6, 6.07) is 17.9. The molecule has 11 heteroatoms. The molecule has 1 heterocycles. The minimum absolute atomic E-state index is 0.222. The van der Waals surface area contributed by atoms with Crippen LogP contribution in [0.2, 0.25) is 0 Å². The number of hydrogen-bond acceptors (Lipinski definition) is 7. The molecule has 0 aromatic heterocycles. The molecule has 0 bridgehead atoms. The van der Waals surface area contributed by atoms with Gasteiger partial charge in [-0.05, 0) is 73.7 Å². The van der Waals surface area contributed by atoms with Crippen LogP contribution in [0.15, 0.2) is 71.6 Å². The fourth-order valence-electron chi connectivity index (χ4n) is 4.77. The third-order valence-electron chi connectivity index (χ3n) is 7.06. The van der Waals surface area contributed by atoms with Crippen molar-refractivity contribution in [1.29, 1.82) is 0 Å². The molecule has 1 saturated heterocycles. The van der Waals surface area contributed by atoms with Gasteiger partial charge >= 0.3 is 0 Å². The lowest BCUT2D eigenvalue weighted by molar-refractivity contribution is -0.385. The molecule has 3 aromatic carbocycles. The van der Waals surface area contributed by atoms with Gasteiger partial charge in [-0.2, -0.15) is 0 Å². The van der Waals surface area contributed by atoms with Crippen molar-refractivity contribution < 1.29 is 22.9 Å². The maximum absolute atomic E-state index is 13.7. The van der Waals surface area contributed by atoms with E-state index in [-0.39, 0.29) is 22.8 Å². The smallest absolute Gasteiger partial charge is 0.273 e. The number of sulfonamides is 1. The molecule has 0 aliphatic carbocycles. The monoisotopic (exact) mass is 566 g/mol. The summed E-state index contributed by atoms with van der Waals surface area (Å²) in [5, 5.41) is 14.2. The number of hydrogen-bond donors (Lipinski definition) is 1. The van der Waals surface area contributed by atoms with E-state index in [1.807, 2.05) is 24.3 Å². The minimum atomic E-state index is -4.33. The van der Waals surface area contributed by atoms with Crippen molar-refractivity contribution in [1.82, 2.24) is 5.32 Å². The van der Waals surface area contributed by atoms with Crippen LogP contribution in [0.1, 0.15) is 30.9 Å². The van der Waals surface area contributed by atoms with Crippen LogP contribution < -0.4 is 19.3 Å². The van der Waals surface area contributed by atoms with E-state index in [4.69, 9.17) is 4.74 Å². The highest BCUT2D eigenvalue weighted by Crippen LogP contribution is 2.29. The highest BCUT2D eigenvalue weighted by Gasteiger charge is 2.29. The zero-order valence-electron chi connectivity index (χ0n) is 22.9. The Balaban J connectivity index is 1.52. The van der Waals surface area contributed by atoms with Crippen molar-refractivity contribution in [2.24, 2.45) is 5.92 Å². The number of nitrogens with zero attached hydrogens (tertiary/aromatic N) is 3. The number of rotatable bonds is 10. The Bertz CT molecular complexity index is 1460. The van der Waals surface area contributed by atoms with Gasteiger partial charge in [0.15, 0.2) is 0 Å². The largest absolute Gasteiger partial charge is 0.497 e. The zero-order chi connectivity index (χ0) is 28.9. The van der Waals surface area contributed by atoms with Crippen LogP contribution >= 0.6 is 0 Å². The number of carbonyl (C=O) groups excluding carboxylic acids is 1. The molecule has 0 saturated carbocycles. The van der Waals surface area contributed by atoms with E-state index in [0.717, 1.165) is 34.7 Å². The van der Waals surface area contributed by atoms with Crippen molar-refractivity contribution in [2.45, 2.75) is 38.1 Å². The lowest BCUT2D eigenvalue weighted by Gasteiger charge is -2.32. The fraction of sp³-hybridized carbons (Fsp3) is 0.345. The molecule has 4 rings (SSSR count). The van der Waals surface area contributed by atoms with E-state index in [1.54, 1.807) is 12.1 Å². The van der Waals surface area contributed by atoms with E-state index in [2.05, 4.69) is 17.1 Å². The van der Waals surface area contributed by atoms with Gasteiger partial charge in [-0.1, -0.05) is 25.1 Å². The Morgan fingerprint density at radius 3 is 2.45 bits per heavy atom. The van der Waals surface area contributed by atoms with Crippen molar-refractivity contribution in [2.75, 3.05) is 35.9 Å². The standard InChI is InChI=1S/C29H34N4O6S/c1-21-5-4-16-31(19-21)24-9-7-23(8-10-24)18-30-29(34)20-32(25-11-13-26(39-3)14-12-25)40(37,38)27-15-6-22(2)28(17-27)33(35)36/h6-15,17,21H,4-5,16,18-20H2,1-3H3,(H,30,34). The molecule has 1 unspecified atom stereocenters. The zero-order valence-corrected chi connectivity index (χ0v) is 23.7. The van der Waals surface area contributed by atoms with Gasteiger partial charge in [-0.3, -0.25) is 19.2 Å². The predicted molar refractivity (Wildman–Crippen MR) is 154 cm³/mol. The summed E-state index contributed by atoms with van der Waals surface area (Å²) in [6.45, 7) is 5.55. The first-order chi connectivity index (χ1) is 19.1. The molecule has 1 aliphatic heterocycles. The second kappa shape index (κ2) is 12.4. The number of nitro groups is 1. The van der Waals surface area contributed by atoms with Crippen molar-refractivity contribution in [3.05, 3.63) is 88.0 Å². The molecule has 212 valence electrons. The van der Waals surface area contributed by atoms with Gasteiger partial charge in [0.2, 0.25) is 5.91 Å². The lowest BCUT2D eigenvalue weighted by atomic mass is 9.99. The Morgan fingerprint density at radius 1 is 1.12 bits per heavy atom. The molecular weight excluding hydrogens is 532 g/mol. The van der Waals surface area contributed by atoms with Crippen LogP contribution in [0.4, 0.5) is 17.1 Å². The molecule has 40 heavy (non-hydrogen) atoms. The van der Waals surface area contributed by atoms with Crippen LogP contribution in [0.3, 0.4) is 0 Å². The summed E-state index contributed by atoms with van der Waals surface area (Å²) in [6.07, 6.45) is 2.41. The van der Waals surface area contributed by atoms with Crippen LogP contribution in [0.5, 0.6) is 5.75 Å². The quantitative estimate of drug-likeness (QED) is 0.280. The number of aryl methyl sites for hydroxylation is 1. The maximum atomic E-state index is 13.7. The average molecular weight is 567 g/mol. The molecule has 1 fully saturated rings. The van der Waals surface area contributed by atoms with Gasteiger partial charge in [0.1, 0.15) is 12.3 Å². The lowest BCUT2D eigenvalue weighted by Crippen LogP contribution is -2.40. The van der Waals surface area contributed by atoms with Gasteiger partial charge in [-0.15, -0.1) is 0 Å². The molecule has 1 aliphatic rings. The predicted octanol–water partition coefficient (Wildman–Crippen LogP) is 4.66. The summed E-state index contributed by atoms with van der Waals surface area (Å²) in [7, 11) is -2.84. The number of nitrogens with one attached hydrogen (secondary N) is 1. The number of piperidine rings is 1. The normalized spacial score (nSPS) is 15.4. The van der Waals surface area contributed by atoms with E-state index >= 15 is 0 Å². The second-order valence-corrected chi connectivity index (χ2v) is 11.9. The maximum Gasteiger partial charge on any atom is 0.273 e. The molecule has 1 atom stereocenters. The highest BCUT2D eigenvalue weighted by atomic mass is 32.2. The minimum Gasteiger partial charge on any atom is -0.497 e. The number of ether oxygens (including phenoxy) is 1. The average Bonchev–Trinajstić information content (AvgIpc) is 2.95. The van der Waals surface area contributed by atoms with Crippen molar-refractivity contribution >= 4 is 33.0 Å². The topological polar surface area (TPSA) is 122 Å².